The van der Waals surface area contributed by atoms with Crippen molar-refractivity contribution in [1.82, 2.24) is 5.32 Å². The molecule has 6 nitrogen and oxygen atoms in total. The summed E-state index contributed by atoms with van der Waals surface area (Å²) in [6.45, 7) is 6.43. The molecule has 0 bridgehead atoms. The molecule has 344 valence electrons. The summed E-state index contributed by atoms with van der Waals surface area (Å²) >= 11 is 0. The number of esters is 1. The van der Waals surface area contributed by atoms with Crippen LogP contribution in [0.5, 0.6) is 0 Å². The molecule has 3 N–H and O–H groups in total. The van der Waals surface area contributed by atoms with Crippen LogP contribution in [-0.4, -0.2) is 46.9 Å². The van der Waals surface area contributed by atoms with Crippen LogP contribution >= 0.6 is 0 Å². The molecule has 0 heterocycles. The van der Waals surface area contributed by atoms with Gasteiger partial charge in [-0.3, -0.25) is 9.59 Å². The number of aliphatic hydroxyl groups is 2. The standard InChI is InChI=1S/C53H97NO5/c1-4-7-10-13-16-19-21-23-25-26-27-29-31-34-37-40-43-46-53(58)59-49(44-41-38-35-33-30-28-24-22-20-17-14-11-8-5-2)47-52(57)54-50(48-55)51(56)45-42-39-36-32-18-15-12-9-6-3/h16,19,23,25,27,29,34,37,49-51,55-56H,4-15,17-18,20-22,24,26,28,30-33,35-36,38-48H2,1-3H3,(H,54,57)/b19-16-,25-23-,29-27-,37-34-. The third-order valence-corrected chi connectivity index (χ3v) is 11.4. The summed E-state index contributed by atoms with van der Waals surface area (Å²) in [6.07, 6.45) is 56.0. The first-order valence-corrected chi connectivity index (χ1v) is 25.4. The zero-order valence-electron chi connectivity index (χ0n) is 39.1. The highest BCUT2D eigenvalue weighted by Crippen LogP contribution is 2.18. The normalized spacial score (nSPS) is 13.6. The lowest BCUT2D eigenvalue weighted by Gasteiger charge is -2.24. The Hall–Kier alpha value is -2.18. The van der Waals surface area contributed by atoms with E-state index in [-0.39, 0.29) is 24.9 Å². The van der Waals surface area contributed by atoms with Crippen molar-refractivity contribution in [3.05, 3.63) is 48.6 Å². The Balaban J connectivity index is 4.65. The third kappa shape index (κ3) is 42.3. The summed E-state index contributed by atoms with van der Waals surface area (Å²) in [5.41, 5.74) is 0. The number of ether oxygens (including phenoxy) is 1. The molecular weight excluding hydrogens is 731 g/mol. The Bertz CT molecular complexity index is 1020. The second kappa shape index (κ2) is 46.9. The first kappa shape index (κ1) is 56.8. The van der Waals surface area contributed by atoms with Gasteiger partial charge in [-0.25, -0.2) is 0 Å². The van der Waals surface area contributed by atoms with Crippen molar-refractivity contribution >= 4 is 11.9 Å². The number of amides is 1. The molecule has 0 radical (unpaired) electrons. The molecule has 0 rings (SSSR count). The molecule has 59 heavy (non-hydrogen) atoms. The molecule has 0 saturated heterocycles. The molecule has 0 spiro atoms. The van der Waals surface area contributed by atoms with Gasteiger partial charge >= 0.3 is 5.97 Å². The molecule has 3 atom stereocenters. The summed E-state index contributed by atoms with van der Waals surface area (Å²) in [5.74, 6) is -0.535. The van der Waals surface area contributed by atoms with E-state index in [1.807, 2.05) is 0 Å². The minimum atomic E-state index is -0.793. The number of allylic oxidation sites excluding steroid dienone is 8. The van der Waals surface area contributed by atoms with Crippen LogP contribution in [0.1, 0.15) is 252 Å². The predicted octanol–water partition coefficient (Wildman–Crippen LogP) is 15.1. The highest BCUT2D eigenvalue weighted by molar-refractivity contribution is 5.77. The van der Waals surface area contributed by atoms with E-state index in [1.165, 1.54) is 135 Å². The maximum atomic E-state index is 13.2. The first-order valence-electron chi connectivity index (χ1n) is 25.4. The molecule has 0 saturated carbocycles. The van der Waals surface area contributed by atoms with Gasteiger partial charge in [0.25, 0.3) is 0 Å². The minimum absolute atomic E-state index is 0.0581. The number of carbonyl (C=O) groups is 2. The van der Waals surface area contributed by atoms with E-state index in [4.69, 9.17) is 4.74 Å². The monoisotopic (exact) mass is 828 g/mol. The van der Waals surface area contributed by atoms with Crippen molar-refractivity contribution in [3.63, 3.8) is 0 Å². The predicted molar refractivity (Wildman–Crippen MR) is 255 cm³/mol. The number of rotatable bonds is 45. The zero-order valence-corrected chi connectivity index (χ0v) is 39.1. The fraction of sp³-hybridized carbons (Fsp3) is 0.811. The lowest BCUT2D eigenvalue weighted by atomic mass is 10.0. The van der Waals surface area contributed by atoms with Crippen LogP contribution in [0.2, 0.25) is 0 Å². The quantitative estimate of drug-likeness (QED) is 0.0323. The molecule has 0 aromatic carbocycles. The van der Waals surface area contributed by atoms with Gasteiger partial charge in [-0.2, -0.15) is 0 Å². The van der Waals surface area contributed by atoms with Crippen LogP contribution in [0.25, 0.3) is 0 Å². The van der Waals surface area contributed by atoms with Crippen LogP contribution in [0.4, 0.5) is 0 Å². The van der Waals surface area contributed by atoms with Gasteiger partial charge in [0.05, 0.1) is 25.2 Å². The molecule has 0 fully saturated rings. The lowest BCUT2D eigenvalue weighted by molar-refractivity contribution is -0.151. The van der Waals surface area contributed by atoms with E-state index >= 15 is 0 Å². The molecule has 1 amide bonds. The Morgan fingerprint density at radius 1 is 0.492 bits per heavy atom. The number of unbranched alkanes of at least 4 members (excludes halogenated alkanes) is 25. The Morgan fingerprint density at radius 3 is 1.31 bits per heavy atom. The average molecular weight is 828 g/mol. The SMILES string of the molecule is CCCCC/C=C\C/C=C\C/C=C\C/C=C\CCCC(=O)OC(CCCCCCCCCCCCCCCC)CC(=O)NC(CO)C(O)CCCCCCCCCCC. The van der Waals surface area contributed by atoms with E-state index in [0.29, 0.717) is 25.7 Å². The fourth-order valence-corrected chi connectivity index (χ4v) is 7.54. The fourth-order valence-electron chi connectivity index (χ4n) is 7.54. The van der Waals surface area contributed by atoms with Crippen LogP contribution in [0.15, 0.2) is 48.6 Å². The van der Waals surface area contributed by atoms with Crippen molar-refractivity contribution < 1.29 is 24.5 Å². The Kier molecular flexibility index (Phi) is 45.1. The molecule has 0 aliphatic heterocycles. The summed E-state index contributed by atoms with van der Waals surface area (Å²) in [7, 11) is 0. The molecular formula is C53H97NO5. The largest absolute Gasteiger partial charge is 0.462 e. The van der Waals surface area contributed by atoms with Crippen molar-refractivity contribution in [2.75, 3.05) is 6.61 Å². The van der Waals surface area contributed by atoms with Crippen LogP contribution in [-0.2, 0) is 14.3 Å². The van der Waals surface area contributed by atoms with Gasteiger partial charge < -0.3 is 20.3 Å². The molecule has 3 unspecified atom stereocenters. The second-order valence-corrected chi connectivity index (χ2v) is 17.2. The highest BCUT2D eigenvalue weighted by Gasteiger charge is 2.24. The first-order chi connectivity index (χ1) is 29.0. The van der Waals surface area contributed by atoms with Crippen LogP contribution in [0, 0.1) is 0 Å². The van der Waals surface area contributed by atoms with Crippen LogP contribution in [0.3, 0.4) is 0 Å². The zero-order chi connectivity index (χ0) is 43.1. The Morgan fingerprint density at radius 2 is 0.864 bits per heavy atom. The van der Waals surface area contributed by atoms with Crippen molar-refractivity contribution in [2.24, 2.45) is 0 Å². The Labute approximate surface area is 366 Å². The van der Waals surface area contributed by atoms with Gasteiger partial charge in [-0.05, 0) is 64.2 Å². The van der Waals surface area contributed by atoms with E-state index < -0.39 is 18.2 Å². The summed E-state index contributed by atoms with van der Waals surface area (Å²) in [4.78, 5) is 26.1. The number of nitrogens with one attached hydrogen (secondary N) is 1. The van der Waals surface area contributed by atoms with Gasteiger partial charge in [0, 0.05) is 6.42 Å². The van der Waals surface area contributed by atoms with Crippen molar-refractivity contribution in [1.29, 1.82) is 0 Å². The summed E-state index contributed by atoms with van der Waals surface area (Å²) in [5, 5.41) is 23.7. The lowest BCUT2D eigenvalue weighted by Crippen LogP contribution is -2.46. The van der Waals surface area contributed by atoms with E-state index in [1.54, 1.807) is 0 Å². The highest BCUT2D eigenvalue weighted by atomic mass is 16.5. The number of hydrogen-bond donors (Lipinski definition) is 3. The number of aliphatic hydroxyl groups excluding tert-OH is 2. The van der Waals surface area contributed by atoms with E-state index in [9.17, 15) is 19.8 Å². The van der Waals surface area contributed by atoms with E-state index in [2.05, 4.69) is 74.7 Å². The maximum absolute atomic E-state index is 13.2. The number of carbonyl (C=O) groups excluding carboxylic acids is 2. The summed E-state index contributed by atoms with van der Waals surface area (Å²) in [6, 6.07) is -0.709. The van der Waals surface area contributed by atoms with Crippen molar-refractivity contribution in [3.8, 4) is 0 Å². The molecule has 6 heteroatoms. The van der Waals surface area contributed by atoms with Gasteiger partial charge in [0.1, 0.15) is 6.10 Å². The molecule has 0 aliphatic carbocycles. The van der Waals surface area contributed by atoms with E-state index in [0.717, 1.165) is 64.2 Å². The smallest absolute Gasteiger partial charge is 0.306 e. The van der Waals surface area contributed by atoms with Gasteiger partial charge in [0.2, 0.25) is 5.91 Å². The van der Waals surface area contributed by atoms with Gasteiger partial charge in [-0.15, -0.1) is 0 Å². The van der Waals surface area contributed by atoms with Crippen LogP contribution < -0.4 is 5.32 Å². The number of hydrogen-bond acceptors (Lipinski definition) is 5. The average Bonchev–Trinajstić information content (AvgIpc) is 3.23. The molecule has 0 aromatic heterocycles. The topological polar surface area (TPSA) is 95.9 Å². The molecule has 0 aromatic rings. The van der Waals surface area contributed by atoms with Gasteiger partial charge in [-0.1, -0.05) is 223 Å². The van der Waals surface area contributed by atoms with Crippen molar-refractivity contribution in [2.45, 2.75) is 270 Å². The minimum Gasteiger partial charge on any atom is -0.462 e. The second-order valence-electron chi connectivity index (χ2n) is 17.2. The maximum Gasteiger partial charge on any atom is 0.306 e. The van der Waals surface area contributed by atoms with Gasteiger partial charge in [0.15, 0.2) is 0 Å². The third-order valence-electron chi connectivity index (χ3n) is 11.4. The summed E-state index contributed by atoms with van der Waals surface area (Å²) < 4.78 is 5.90. The molecule has 0 aliphatic rings.